The fourth-order valence-electron chi connectivity index (χ4n) is 5.47. The lowest BCUT2D eigenvalue weighted by atomic mass is 9.90. The summed E-state index contributed by atoms with van der Waals surface area (Å²) < 4.78 is 6.13. The van der Waals surface area contributed by atoms with Crippen LogP contribution in [0.15, 0.2) is 65.8 Å². The van der Waals surface area contributed by atoms with Crippen LogP contribution in [0.25, 0.3) is 0 Å². The molecule has 1 unspecified atom stereocenters. The molecule has 3 N–H and O–H groups in total. The van der Waals surface area contributed by atoms with Gasteiger partial charge in [0, 0.05) is 37.3 Å². The number of nitrogens with zero attached hydrogens (tertiary/aromatic N) is 2. The number of piperidine rings is 1. The number of allylic oxidation sites excluding steroid dienone is 1. The lowest BCUT2D eigenvalue weighted by molar-refractivity contribution is -0.128. The fourth-order valence-corrected chi connectivity index (χ4v) is 5.47. The Kier molecular flexibility index (Phi) is 23.9. The second kappa shape index (κ2) is 25.8. The molecule has 0 bridgehead atoms. The summed E-state index contributed by atoms with van der Waals surface area (Å²) in [5, 5.41) is 2.92. The standard InChI is InChI=1S/C19H30N4O2.C16H26O.C2H6.C2H4/c1-13(2)12-21-17-7-5-4-6-16(17)18(20)19(25)23-10-8-15(9-11-23)22-14(3)24;1-4-6-7-12-15(10-5-2)17-16-13-9-8-11-14(16)3;2*1-2/h15H,1,4-12,20H2,2-3H3,(H,22,24);8-9,11,13,15H,4-7,10,12H2,1-3H3;1-2H3;1-2H2/b18-16-,21-17?;;;. The summed E-state index contributed by atoms with van der Waals surface area (Å²) in [5.41, 5.74) is 10.7. The second-order valence-corrected chi connectivity index (χ2v) is 11.9. The Labute approximate surface area is 281 Å². The van der Waals surface area contributed by atoms with Crippen LogP contribution in [0.1, 0.15) is 124 Å². The van der Waals surface area contributed by atoms with Gasteiger partial charge in [0.1, 0.15) is 11.4 Å². The van der Waals surface area contributed by atoms with E-state index in [0.29, 0.717) is 31.4 Å². The smallest absolute Gasteiger partial charge is 0.270 e. The molecule has 1 heterocycles. The average molecular weight is 639 g/mol. The molecule has 2 fully saturated rings. The molecular formula is C39H66N4O3. The van der Waals surface area contributed by atoms with Crippen LogP contribution in [0, 0.1) is 6.92 Å². The van der Waals surface area contributed by atoms with Crippen LogP contribution >= 0.6 is 0 Å². The highest BCUT2D eigenvalue weighted by Crippen LogP contribution is 2.25. The van der Waals surface area contributed by atoms with Crippen molar-refractivity contribution in [2.75, 3.05) is 19.6 Å². The molecule has 1 atom stereocenters. The minimum Gasteiger partial charge on any atom is -0.490 e. The summed E-state index contributed by atoms with van der Waals surface area (Å²) in [7, 11) is 0. The fraction of sp³-hybridized carbons (Fsp3) is 0.615. The number of para-hydroxylation sites is 1. The van der Waals surface area contributed by atoms with Crippen molar-refractivity contribution in [3.05, 3.63) is 66.4 Å². The molecule has 7 heteroatoms. The minimum absolute atomic E-state index is 0.0213. The highest BCUT2D eigenvalue weighted by Gasteiger charge is 2.27. The van der Waals surface area contributed by atoms with E-state index in [2.05, 4.69) is 75.1 Å². The number of hydrogen-bond donors (Lipinski definition) is 2. The first kappa shape index (κ1) is 42.6. The van der Waals surface area contributed by atoms with Crippen molar-refractivity contribution in [3.63, 3.8) is 0 Å². The molecule has 1 aliphatic heterocycles. The van der Waals surface area contributed by atoms with E-state index in [1.54, 1.807) is 4.90 Å². The van der Waals surface area contributed by atoms with Gasteiger partial charge < -0.3 is 20.7 Å². The highest BCUT2D eigenvalue weighted by molar-refractivity contribution is 6.08. The van der Waals surface area contributed by atoms with Gasteiger partial charge in [0.25, 0.3) is 5.91 Å². The van der Waals surface area contributed by atoms with E-state index in [0.717, 1.165) is 67.6 Å². The lowest BCUT2D eigenvalue weighted by Gasteiger charge is -2.33. The Morgan fingerprint density at radius 3 is 2.22 bits per heavy atom. The molecule has 2 amide bonds. The number of nitrogens with two attached hydrogens (primary N) is 1. The summed E-state index contributed by atoms with van der Waals surface area (Å²) >= 11 is 0. The van der Waals surface area contributed by atoms with Gasteiger partial charge in [0.15, 0.2) is 0 Å². The number of aliphatic imine (C=N–C) groups is 1. The van der Waals surface area contributed by atoms with Crippen LogP contribution in [-0.2, 0) is 9.59 Å². The number of ether oxygens (including phenoxy) is 1. The summed E-state index contributed by atoms with van der Waals surface area (Å²) in [5.74, 6) is 0.940. The third-order valence-corrected chi connectivity index (χ3v) is 7.85. The van der Waals surface area contributed by atoms with Gasteiger partial charge in [-0.05, 0) is 83.3 Å². The molecule has 0 aromatic heterocycles. The maximum atomic E-state index is 12.8. The van der Waals surface area contributed by atoms with Gasteiger partial charge in [-0.1, -0.05) is 77.3 Å². The van der Waals surface area contributed by atoms with Crippen molar-refractivity contribution in [1.82, 2.24) is 10.2 Å². The first-order valence-electron chi connectivity index (χ1n) is 17.6. The predicted molar refractivity (Wildman–Crippen MR) is 197 cm³/mol. The van der Waals surface area contributed by atoms with Gasteiger partial charge in [-0.15, -0.1) is 13.2 Å². The maximum Gasteiger partial charge on any atom is 0.270 e. The van der Waals surface area contributed by atoms with Crippen molar-refractivity contribution < 1.29 is 14.3 Å². The van der Waals surface area contributed by atoms with Crippen molar-refractivity contribution in [1.29, 1.82) is 0 Å². The van der Waals surface area contributed by atoms with Crippen LogP contribution in [0.5, 0.6) is 5.75 Å². The molecule has 7 nitrogen and oxygen atoms in total. The SMILES string of the molecule is C=C.C=C(C)CN=C1CCCC/C1=C(/N)C(=O)N1CCC(NC(C)=O)CC1.CC.CCCCCC(CCC)Oc1ccccc1C. The van der Waals surface area contributed by atoms with Crippen molar-refractivity contribution in [3.8, 4) is 5.75 Å². The third-order valence-electron chi connectivity index (χ3n) is 7.85. The van der Waals surface area contributed by atoms with E-state index >= 15 is 0 Å². The molecule has 1 aromatic rings. The zero-order chi connectivity index (χ0) is 34.9. The monoisotopic (exact) mass is 639 g/mol. The number of amides is 2. The van der Waals surface area contributed by atoms with E-state index in [9.17, 15) is 9.59 Å². The molecule has 0 spiro atoms. The molecule has 3 rings (SSSR count). The highest BCUT2D eigenvalue weighted by atomic mass is 16.5. The van der Waals surface area contributed by atoms with E-state index < -0.39 is 0 Å². The Hall–Kier alpha value is -3.35. The molecule has 1 aliphatic carbocycles. The summed E-state index contributed by atoms with van der Waals surface area (Å²) in [6.07, 6.45) is 13.2. The first-order valence-corrected chi connectivity index (χ1v) is 17.6. The summed E-state index contributed by atoms with van der Waals surface area (Å²) in [4.78, 5) is 30.4. The molecule has 46 heavy (non-hydrogen) atoms. The molecule has 260 valence electrons. The Morgan fingerprint density at radius 2 is 1.65 bits per heavy atom. The molecule has 1 saturated heterocycles. The number of unbranched alkanes of at least 4 members (excludes halogenated alkanes) is 2. The first-order chi connectivity index (χ1) is 22.2. The maximum absolute atomic E-state index is 12.8. The number of likely N-dealkylation sites (tertiary alicyclic amines) is 1. The van der Waals surface area contributed by atoms with Gasteiger partial charge in [0.05, 0.1) is 12.6 Å². The van der Waals surface area contributed by atoms with Gasteiger partial charge in [-0.2, -0.15) is 0 Å². The Bertz CT molecular complexity index is 1090. The van der Waals surface area contributed by atoms with Gasteiger partial charge in [0.2, 0.25) is 5.91 Å². The van der Waals surface area contributed by atoms with Crippen LogP contribution in [-0.4, -0.2) is 54.2 Å². The quantitative estimate of drug-likeness (QED) is 0.136. The van der Waals surface area contributed by atoms with E-state index in [4.69, 9.17) is 10.5 Å². The zero-order valence-electron chi connectivity index (χ0n) is 30.4. The zero-order valence-corrected chi connectivity index (χ0v) is 30.4. The van der Waals surface area contributed by atoms with Gasteiger partial charge >= 0.3 is 0 Å². The topological polar surface area (TPSA) is 97.0 Å². The summed E-state index contributed by atoms with van der Waals surface area (Å²) in [6, 6.07) is 8.46. The number of carbonyl (C=O) groups excluding carboxylic acids is 2. The Morgan fingerprint density at radius 1 is 1.02 bits per heavy atom. The predicted octanol–water partition coefficient (Wildman–Crippen LogP) is 8.87. The van der Waals surface area contributed by atoms with E-state index in [-0.39, 0.29) is 17.9 Å². The third kappa shape index (κ3) is 16.8. The number of rotatable bonds is 12. The molecule has 0 radical (unpaired) electrons. The van der Waals surface area contributed by atoms with Crippen LogP contribution in [0.3, 0.4) is 0 Å². The van der Waals surface area contributed by atoms with Crippen LogP contribution in [0.2, 0.25) is 0 Å². The normalized spacial score (nSPS) is 17.1. The number of carbonyl (C=O) groups is 2. The lowest BCUT2D eigenvalue weighted by Crippen LogP contribution is -2.47. The molecule has 1 saturated carbocycles. The van der Waals surface area contributed by atoms with Crippen LogP contribution in [0.4, 0.5) is 0 Å². The molecule has 1 aromatic carbocycles. The average Bonchev–Trinajstić information content (AvgIpc) is 3.06. The van der Waals surface area contributed by atoms with Crippen molar-refractivity contribution in [2.24, 2.45) is 10.7 Å². The van der Waals surface area contributed by atoms with Gasteiger partial charge in [-0.25, -0.2) is 0 Å². The number of benzene rings is 1. The molecular weight excluding hydrogens is 572 g/mol. The summed E-state index contributed by atoms with van der Waals surface area (Å²) in [6.45, 7) is 25.8. The number of hydrogen-bond acceptors (Lipinski definition) is 5. The van der Waals surface area contributed by atoms with Crippen molar-refractivity contribution >= 4 is 17.5 Å². The number of nitrogens with one attached hydrogen (secondary N) is 1. The van der Waals surface area contributed by atoms with E-state index in [1.807, 2.05) is 20.8 Å². The second-order valence-electron chi connectivity index (χ2n) is 11.9. The van der Waals surface area contributed by atoms with Gasteiger partial charge in [-0.3, -0.25) is 14.6 Å². The Balaban J connectivity index is 0.000000841. The van der Waals surface area contributed by atoms with Crippen LogP contribution < -0.4 is 15.8 Å². The molecule has 2 aliphatic rings. The minimum atomic E-state index is -0.0961. The van der Waals surface area contributed by atoms with E-state index in [1.165, 1.54) is 44.6 Å². The largest absolute Gasteiger partial charge is 0.490 e. The van der Waals surface area contributed by atoms with Crippen molar-refractivity contribution in [2.45, 2.75) is 138 Å². The number of aryl methyl sites for hydroxylation is 1.